The lowest BCUT2D eigenvalue weighted by atomic mass is 9.78. The van der Waals surface area contributed by atoms with Crippen molar-refractivity contribution in [2.75, 3.05) is 18.9 Å². The predicted molar refractivity (Wildman–Crippen MR) is 185 cm³/mol. The fourth-order valence-corrected chi connectivity index (χ4v) is 7.22. The van der Waals surface area contributed by atoms with E-state index in [9.17, 15) is 35.1 Å². The first-order chi connectivity index (χ1) is 23.2. The second kappa shape index (κ2) is 17.1. The van der Waals surface area contributed by atoms with Crippen molar-refractivity contribution in [1.29, 1.82) is 5.26 Å². The fourth-order valence-electron chi connectivity index (χ4n) is 7.22. The maximum Gasteiger partial charge on any atom is 0.321 e. The summed E-state index contributed by atoms with van der Waals surface area (Å²) >= 11 is 0. The number of carbonyl (C=O) groups excluding carboxylic acids is 2. The maximum atomic E-state index is 13.4. The zero-order valence-corrected chi connectivity index (χ0v) is 30.7. The number of likely N-dealkylation sites (N-methyl/N-ethyl adjacent to an activating group) is 1. The predicted octanol–water partition coefficient (Wildman–Crippen LogP) is 2.11. The molecule has 1 aromatic rings. The van der Waals surface area contributed by atoms with Gasteiger partial charge in [0.15, 0.2) is 6.29 Å². The molecule has 2 heterocycles. The molecule has 0 bridgehead atoms. The van der Waals surface area contributed by atoms with Crippen molar-refractivity contribution < 1.29 is 49.3 Å². The second-order valence-corrected chi connectivity index (χ2v) is 14.9. The van der Waals surface area contributed by atoms with Crippen LogP contribution in [-0.2, 0) is 19.0 Å². The number of nitrogens with one attached hydrogen (secondary N) is 2. The van der Waals surface area contributed by atoms with Gasteiger partial charge in [-0.2, -0.15) is 5.26 Å². The average Bonchev–Trinajstić information content (AvgIpc) is 3.07. The largest absolute Gasteiger partial charge is 0.459 e. The van der Waals surface area contributed by atoms with E-state index in [0.29, 0.717) is 17.8 Å². The quantitative estimate of drug-likeness (QED) is 0.219. The molecule has 2 aliphatic rings. The monoisotopic (exact) mass is 706 g/mol. The van der Waals surface area contributed by atoms with E-state index in [-0.39, 0.29) is 25.2 Å². The summed E-state index contributed by atoms with van der Waals surface area (Å²) in [5, 5.41) is 72.6. The van der Waals surface area contributed by atoms with Gasteiger partial charge >= 0.3 is 12.0 Å². The fraction of sp³-hybridized carbons (Fsp3) is 0.750. The van der Waals surface area contributed by atoms with Gasteiger partial charge in [0.2, 0.25) is 0 Å². The normalized spacial score (nSPS) is 40.8. The topological polar surface area (TPSA) is 214 Å². The van der Waals surface area contributed by atoms with Crippen molar-refractivity contribution in [3.05, 3.63) is 29.8 Å². The Hall–Kier alpha value is -2.87. The van der Waals surface area contributed by atoms with Gasteiger partial charge in [-0.1, -0.05) is 20.8 Å². The van der Waals surface area contributed by atoms with Crippen molar-refractivity contribution in [2.45, 2.75) is 141 Å². The number of nitrogens with zero attached hydrogens (tertiary/aromatic N) is 2. The zero-order chi connectivity index (χ0) is 37.7. The Bertz CT molecular complexity index is 1320. The molecule has 14 nitrogen and oxygen atoms in total. The third-order valence-electron chi connectivity index (χ3n) is 10.4. The number of ether oxygens (including phenoxy) is 3. The summed E-state index contributed by atoms with van der Waals surface area (Å²) in [7, 11) is 1.54. The summed E-state index contributed by atoms with van der Waals surface area (Å²) in [5.41, 5.74) is -2.53. The number of urea groups is 1. The first-order valence-corrected chi connectivity index (χ1v) is 17.5. The van der Waals surface area contributed by atoms with Gasteiger partial charge in [0, 0.05) is 24.7 Å². The highest BCUT2D eigenvalue weighted by atomic mass is 16.7. The minimum atomic E-state index is -1.80. The molecular formula is C36H58N4O10. The first-order valence-electron chi connectivity index (χ1n) is 17.5. The number of aliphatic hydroxyl groups excluding tert-OH is 3. The highest BCUT2D eigenvalue weighted by Crippen LogP contribution is 2.36. The summed E-state index contributed by atoms with van der Waals surface area (Å²) in [6.07, 6.45) is -7.52. The van der Waals surface area contributed by atoms with Crippen LogP contribution in [0.3, 0.4) is 0 Å². The summed E-state index contributed by atoms with van der Waals surface area (Å²) in [4.78, 5) is 28.0. The van der Waals surface area contributed by atoms with E-state index in [1.807, 2.05) is 13.0 Å². The van der Waals surface area contributed by atoms with Crippen molar-refractivity contribution in [2.24, 2.45) is 17.8 Å². The SMILES string of the molecule is CC[C@H]1OC(=O)[C@H](C)[C@@H](O)[C@H](C)[C@@H](O[C@@H]2O[C@H](C)C[C@H](N(C)C(=O)Nc3ccc(C#N)cc3)[C@H]2O)[C@](C)(O)C[C@@H](C)CN[C@H](C)[C@@H](O)[C@]1(C)O. The van der Waals surface area contributed by atoms with Gasteiger partial charge in [0.05, 0.1) is 47.5 Å². The molecule has 0 spiro atoms. The van der Waals surface area contributed by atoms with E-state index in [0.717, 1.165) is 0 Å². The van der Waals surface area contributed by atoms with Crippen molar-refractivity contribution in [3.8, 4) is 6.07 Å². The molecule has 50 heavy (non-hydrogen) atoms. The van der Waals surface area contributed by atoms with Crippen molar-refractivity contribution >= 4 is 17.7 Å². The van der Waals surface area contributed by atoms with E-state index >= 15 is 0 Å². The van der Waals surface area contributed by atoms with Gasteiger partial charge in [-0.15, -0.1) is 0 Å². The molecule has 0 saturated carbocycles. The van der Waals surface area contributed by atoms with Crippen LogP contribution in [0.2, 0.25) is 0 Å². The van der Waals surface area contributed by atoms with E-state index in [1.54, 1.807) is 58.9 Å². The number of carbonyl (C=O) groups is 2. The van der Waals surface area contributed by atoms with Crippen LogP contribution in [0.25, 0.3) is 0 Å². The number of cyclic esters (lactones) is 1. The number of esters is 1. The van der Waals surface area contributed by atoms with Gasteiger partial charge in [-0.25, -0.2) is 4.79 Å². The smallest absolute Gasteiger partial charge is 0.321 e. The zero-order valence-electron chi connectivity index (χ0n) is 30.7. The molecule has 1 aromatic carbocycles. The molecule has 282 valence electrons. The van der Waals surface area contributed by atoms with E-state index in [2.05, 4.69) is 10.6 Å². The summed E-state index contributed by atoms with van der Waals surface area (Å²) < 4.78 is 18.2. The number of benzene rings is 1. The molecular weight excluding hydrogens is 648 g/mol. The number of amides is 2. The Kier molecular flexibility index (Phi) is 14.2. The third-order valence-corrected chi connectivity index (χ3v) is 10.4. The highest BCUT2D eigenvalue weighted by molar-refractivity contribution is 5.89. The Balaban J connectivity index is 1.91. The average molecular weight is 707 g/mol. The Morgan fingerprint density at radius 1 is 1.10 bits per heavy atom. The molecule has 0 unspecified atom stereocenters. The number of rotatable bonds is 5. The van der Waals surface area contributed by atoms with Crippen molar-refractivity contribution in [1.82, 2.24) is 10.2 Å². The van der Waals surface area contributed by atoms with Crippen LogP contribution in [0.4, 0.5) is 10.5 Å². The lowest BCUT2D eigenvalue weighted by Gasteiger charge is -2.47. The molecule has 2 aliphatic heterocycles. The number of hydrogen-bond donors (Lipinski definition) is 7. The first kappa shape index (κ1) is 41.5. The highest BCUT2D eigenvalue weighted by Gasteiger charge is 2.49. The molecule has 14 heteroatoms. The standard InChI is InChI=1S/C36H58N4O10/c1-10-27-36(8,47)30(43)23(6)38-18-19(2)16-35(7,46)31(21(4)28(41)22(5)32(44)49-27)50-33-29(42)26(15-20(3)48-33)40(9)34(45)39-25-13-11-24(17-37)12-14-25/h11-14,19-23,26-31,33,38,41-43,46-47H,10,15-16,18H2,1-9H3,(H,39,45)/t19-,20-,21+,22-,23-,26+,27-,28+,29-,30-,31-,33+,35-,36-/m1/s1. The molecule has 2 saturated heterocycles. The van der Waals surface area contributed by atoms with Crippen molar-refractivity contribution in [3.63, 3.8) is 0 Å². The van der Waals surface area contributed by atoms with Gasteiger partial charge in [-0.3, -0.25) is 4.79 Å². The van der Waals surface area contributed by atoms with Gasteiger partial charge in [0.25, 0.3) is 0 Å². The Morgan fingerprint density at radius 3 is 2.30 bits per heavy atom. The van der Waals surface area contributed by atoms with E-state index in [4.69, 9.17) is 19.5 Å². The maximum absolute atomic E-state index is 13.4. The van der Waals surface area contributed by atoms with Crippen LogP contribution in [0.15, 0.2) is 24.3 Å². The van der Waals surface area contributed by atoms with Crippen LogP contribution in [-0.4, -0.2) is 122 Å². The minimum absolute atomic E-state index is 0.145. The molecule has 14 atom stereocenters. The van der Waals surface area contributed by atoms with Crippen LogP contribution in [0.1, 0.15) is 80.2 Å². The number of nitriles is 1. The molecule has 3 rings (SSSR count). The van der Waals surface area contributed by atoms with Crippen LogP contribution in [0, 0.1) is 29.1 Å². The summed E-state index contributed by atoms with van der Waals surface area (Å²) in [5.74, 6) is -3.05. The molecule has 0 aliphatic carbocycles. The van der Waals surface area contributed by atoms with Crippen LogP contribution >= 0.6 is 0 Å². The van der Waals surface area contributed by atoms with E-state index < -0.39 is 90.0 Å². The summed E-state index contributed by atoms with van der Waals surface area (Å²) in [6, 6.07) is 6.50. The Morgan fingerprint density at radius 2 is 1.72 bits per heavy atom. The third kappa shape index (κ3) is 9.71. The summed E-state index contributed by atoms with van der Waals surface area (Å²) in [6.45, 7) is 13.5. The lowest BCUT2D eigenvalue weighted by Crippen LogP contribution is -2.60. The minimum Gasteiger partial charge on any atom is -0.459 e. The van der Waals surface area contributed by atoms with Crippen LogP contribution in [0.5, 0.6) is 0 Å². The van der Waals surface area contributed by atoms with Crippen LogP contribution < -0.4 is 10.6 Å². The van der Waals surface area contributed by atoms with E-state index in [1.165, 1.54) is 25.8 Å². The molecule has 0 aromatic heterocycles. The van der Waals surface area contributed by atoms with Gasteiger partial charge in [0.1, 0.15) is 23.9 Å². The lowest BCUT2D eigenvalue weighted by molar-refractivity contribution is -0.298. The molecule has 2 fully saturated rings. The number of aliphatic hydroxyl groups is 5. The molecule has 0 radical (unpaired) electrons. The number of anilines is 1. The number of hydrogen-bond acceptors (Lipinski definition) is 12. The molecule has 7 N–H and O–H groups in total. The Labute approximate surface area is 295 Å². The molecule has 2 amide bonds. The second-order valence-electron chi connectivity index (χ2n) is 14.9. The van der Waals surface area contributed by atoms with Gasteiger partial charge in [-0.05, 0) is 90.6 Å². The van der Waals surface area contributed by atoms with Gasteiger partial charge < -0.3 is 55.3 Å².